The SMILES string of the molecule is Nc1c(Cl)c(Cl)cc(-c2ccccc2)c1Cl. The summed E-state index contributed by atoms with van der Waals surface area (Å²) in [6.07, 6.45) is 0. The highest BCUT2D eigenvalue weighted by molar-refractivity contribution is 6.47. The van der Waals surface area contributed by atoms with Gasteiger partial charge in [-0.3, -0.25) is 0 Å². The predicted octanol–water partition coefficient (Wildman–Crippen LogP) is 4.90. The van der Waals surface area contributed by atoms with Crippen molar-refractivity contribution in [2.24, 2.45) is 0 Å². The maximum atomic E-state index is 6.14. The molecule has 0 bridgehead atoms. The van der Waals surface area contributed by atoms with Crippen LogP contribution in [-0.4, -0.2) is 0 Å². The molecular weight excluding hydrogens is 264 g/mol. The first-order chi connectivity index (χ1) is 7.61. The van der Waals surface area contributed by atoms with Gasteiger partial charge in [0.25, 0.3) is 0 Å². The molecule has 0 saturated carbocycles. The van der Waals surface area contributed by atoms with Crippen LogP contribution in [0.15, 0.2) is 36.4 Å². The van der Waals surface area contributed by atoms with E-state index in [1.54, 1.807) is 6.07 Å². The van der Waals surface area contributed by atoms with Gasteiger partial charge in [0.2, 0.25) is 0 Å². The molecule has 16 heavy (non-hydrogen) atoms. The fourth-order valence-electron chi connectivity index (χ4n) is 1.45. The molecule has 4 heteroatoms. The lowest BCUT2D eigenvalue weighted by atomic mass is 10.1. The Labute approximate surface area is 109 Å². The molecule has 0 atom stereocenters. The summed E-state index contributed by atoms with van der Waals surface area (Å²) in [5.74, 6) is 0. The molecule has 0 aliphatic rings. The third kappa shape index (κ3) is 1.99. The van der Waals surface area contributed by atoms with E-state index in [4.69, 9.17) is 40.5 Å². The molecule has 0 aliphatic heterocycles. The molecule has 2 rings (SSSR count). The van der Waals surface area contributed by atoms with E-state index in [1.807, 2.05) is 30.3 Å². The van der Waals surface area contributed by atoms with Crippen LogP contribution in [0.1, 0.15) is 0 Å². The summed E-state index contributed by atoms with van der Waals surface area (Å²) in [7, 11) is 0. The molecule has 0 amide bonds. The number of benzene rings is 2. The predicted molar refractivity (Wildman–Crippen MR) is 71.3 cm³/mol. The molecule has 0 aromatic heterocycles. The Kier molecular flexibility index (Phi) is 3.29. The first-order valence-electron chi connectivity index (χ1n) is 4.59. The van der Waals surface area contributed by atoms with Gasteiger partial charge in [-0.1, -0.05) is 65.1 Å². The summed E-state index contributed by atoms with van der Waals surface area (Å²) in [5.41, 5.74) is 7.83. The molecule has 2 aromatic carbocycles. The molecule has 1 nitrogen and oxygen atoms in total. The van der Waals surface area contributed by atoms with Gasteiger partial charge in [-0.05, 0) is 11.6 Å². The van der Waals surface area contributed by atoms with Crippen molar-refractivity contribution in [2.45, 2.75) is 0 Å². The summed E-state index contributed by atoms with van der Waals surface area (Å²) in [4.78, 5) is 0. The van der Waals surface area contributed by atoms with Crippen molar-refractivity contribution < 1.29 is 0 Å². The van der Waals surface area contributed by atoms with Crippen LogP contribution in [-0.2, 0) is 0 Å². The quantitative estimate of drug-likeness (QED) is 0.580. The number of hydrogen-bond acceptors (Lipinski definition) is 1. The third-order valence-electron chi connectivity index (χ3n) is 2.27. The summed E-state index contributed by atoms with van der Waals surface area (Å²) in [6, 6.07) is 11.4. The van der Waals surface area contributed by atoms with Crippen LogP contribution in [0.5, 0.6) is 0 Å². The molecule has 0 fully saturated rings. The van der Waals surface area contributed by atoms with Crippen molar-refractivity contribution in [3.63, 3.8) is 0 Å². The first-order valence-corrected chi connectivity index (χ1v) is 5.73. The molecule has 2 N–H and O–H groups in total. The van der Waals surface area contributed by atoms with Gasteiger partial charge in [-0.15, -0.1) is 0 Å². The van der Waals surface area contributed by atoms with Crippen molar-refractivity contribution >= 4 is 40.5 Å². The lowest BCUT2D eigenvalue weighted by Gasteiger charge is -2.10. The molecule has 0 aliphatic carbocycles. The molecule has 0 heterocycles. The van der Waals surface area contributed by atoms with Gasteiger partial charge < -0.3 is 5.73 Å². The minimum absolute atomic E-state index is 0.298. The van der Waals surface area contributed by atoms with Crippen molar-refractivity contribution in [2.75, 3.05) is 5.73 Å². The van der Waals surface area contributed by atoms with E-state index < -0.39 is 0 Å². The second-order valence-corrected chi connectivity index (χ2v) is 4.48. The summed E-state index contributed by atoms with van der Waals surface area (Å²) in [5, 5.41) is 1.13. The van der Waals surface area contributed by atoms with E-state index in [2.05, 4.69) is 0 Å². The molecule has 82 valence electrons. The van der Waals surface area contributed by atoms with Gasteiger partial charge in [0.15, 0.2) is 0 Å². The number of nitrogen functional groups attached to an aromatic ring is 1. The lowest BCUT2D eigenvalue weighted by Crippen LogP contribution is -1.91. The highest BCUT2D eigenvalue weighted by Gasteiger charge is 2.13. The van der Waals surface area contributed by atoms with Crippen molar-refractivity contribution in [1.82, 2.24) is 0 Å². The van der Waals surface area contributed by atoms with Crippen LogP contribution >= 0.6 is 34.8 Å². The average Bonchev–Trinajstić information content (AvgIpc) is 2.32. The fraction of sp³-hybridized carbons (Fsp3) is 0. The largest absolute Gasteiger partial charge is 0.396 e. The van der Waals surface area contributed by atoms with E-state index in [-0.39, 0.29) is 0 Å². The Bertz CT molecular complexity index is 524. The zero-order valence-electron chi connectivity index (χ0n) is 8.18. The molecule has 0 radical (unpaired) electrons. The Balaban J connectivity index is 2.68. The topological polar surface area (TPSA) is 26.0 Å². The zero-order valence-corrected chi connectivity index (χ0v) is 10.4. The Morgan fingerprint density at radius 3 is 2.12 bits per heavy atom. The number of rotatable bonds is 1. The maximum Gasteiger partial charge on any atom is 0.0837 e. The number of nitrogens with two attached hydrogens (primary N) is 1. The molecule has 0 spiro atoms. The highest BCUT2D eigenvalue weighted by Crippen LogP contribution is 2.40. The highest BCUT2D eigenvalue weighted by atomic mass is 35.5. The number of halogens is 3. The van der Waals surface area contributed by atoms with E-state index in [1.165, 1.54) is 0 Å². The molecule has 0 saturated heterocycles. The fourth-order valence-corrected chi connectivity index (χ4v) is 2.12. The Hall–Kier alpha value is -0.890. The Morgan fingerprint density at radius 2 is 1.50 bits per heavy atom. The van der Waals surface area contributed by atoms with Gasteiger partial charge in [0, 0.05) is 5.56 Å². The van der Waals surface area contributed by atoms with Crippen LogP contribution < -0.4 is 5.73 Å². The second kappa shape index (κ2) is 4.54. The van der Waals surface area contributed by atoms with Crippen LogP contribution in [0.2, 0.25) is 15.1 Å². The molecule has 0 unspecified atom stereocenters. The lowest BCUT2D eigenvalue weighted by molar-refractivity contribution is 1.61. The normalized spacial score (nSPS) is 10.4. The van der Waals surface area contributed by atoms with Crippen LogP contribution in [0.4, 0.5) is 5.69 Å². The zero-order chi connectivity index (χ0) is 11.7. The van der Waals surface area contributed by atoms with E-state index >= 15 is 0 Å². The van der Waals surface area contributed by atoms with Crippen molar-refractivity contribution in [1.29, 1.82) is 0 Å². The van der Waals surface area contributed by atoms with E-state index in [0.29, 0.717) is 20.8 Å². The Morgan fingerprint density at radius 1 is 0.875 bits per heavy atom. The van der Waals surface area contributed by atoms with Gasteiger partial charge >= 0.3 is 0 Å². The minimum Gasteiger partial charge on any atom is -0.396 e. The average molecular weight is 273 g/mol. The van der Waals surface area contributed by atoms with Gasteiger partial charge in [0.05, 0.1) is 20.8 Å². The van der Waals surface area contributed by atoms with Crippen LogP contribution in [0.25, 0.3) is 11.1 Å². The number of anilines is 1. The smallest absolute Gasteiger partial charge is 0.0837 e. The first kappa shape index (κ1) is 11.6. The van der Waals surface area contributed by atoms with E-state index in [9.17, 15) is 0 Å². The van der Waals surface area contributed by atoms with Gasteiger partial charge in [-0.2, -0.15) is 0 Å². The monoisotopic (exact) mass is 271 g/mol. The van der Waals surface area contributed by atoms with Crippen LogP contribution in [0.3, 0.4) is 0 Å². The van der Waals surface area contributed by atoms with Gasteiger partial charge in [-0.25, -0.2) is 0 Å². The summed E-state index contributed by atoms with van der Waals surface area (Å²) >= 11 is 18.0. The molecular formula is C12H8Cl3N. The summed E-state index contributed by atoms with van der Waals surface area (Å²) in [6.45, 7) is 0. The summed E-state index contributed by atoms with van der Waals surface area (Å²) < 4.78 is 0. The van der Waals surface area contributed by atoms with E-state index in [0.717, 1.165) is 11.1 Å². The minimum atomic E-state index is 0.298. The second-order valence-electron chi connectivity index (χ2n) is 3.31. The molecule has 2 aromatic rings. The van der Waals surface area contributed by atoms with Crippen molar-refractivity contribution in [3.8, 4) is 11.1 Å². The maximum absolute atomic E-state index is 6.14. The van der Waals surface area contributed by atoms with Crippen molar-refractivity contribution in [3.05, 3.63) is 51.5 Å². The van der Waals surface area contributed by atoms with Crippen LogP contribution in [0, 0.1) is 0 Å². The number of hydrogen-bond donors (Lipinski definition) is 1. The standard InChI is InChI=1S/C12H8Cl3N/c13-9-6-8(7-4-2-1-3-5-7)10(14)12(16)11(9)15/h1-6H,16H2. The third-order valence-corrected chi connectivity index (χ3v) is 3.48. The van der Waals surface area contributed by atoms with Gasteiger partial charge in [0.1, 0.15) is 0 Å².